The lowest BCUT2D eigenvalue weighted by atomic mass is 9.82. The Morgan fingerprint density at radius 3 is 1.79 bits per heavy atom. The van der Waals surface area contributed by atoms with Crippen LogP contribution in [0.2, 0.25) is 0 Å². The molecule has 0 unspecified atom stereocenters. The molecule has 0 heterocycles. The van der Waals surface area contributed by atoms with Crippen molar-refractivity contribution in [3.63, 3.8) is 0 Å². The molecule has 0 atom stereocenters. The van der Waals surface area contributed by atoms with Crippen molar-refractivity contribution in [3.05, 3.63) is 223 Å². The molecule has 0 amide bonds. The Kier molecular flexibility index (Phi) is 7.91. The van der Waals surface area contributed by atoms with Crippen LogP contribution in [0.3, 0.4) is 0 Å². The highest BCUT2D eigenvalue weighted by atomic mass is 15.1. The topological polar surface area (TPSA) is 3.24 Å². The van der Waals surface area contributed by atoms with Gasteiger partial charge in [-0.2, -0.15) is 0 Å². The van der Waals surface area contributed by atoms with Crippen LogP contribution in [0.15, 0.2) is 212 Å². The molecule has 0 spiro atoms. The summed E-state index contributed by atoms with van der Waals surface area (Å²) in [6, 6.07) is 78.4. The highest BCUT2D eigenvalue weighted by molar-refractivity contribution is 6.16. The number of hydrogen-bond acceptors (Lipinski definition) is 1. The van der Waals surface area contributed by atoms with Gasteiger partial charge in [0.05, 0.1) is 11.4 Å². The van der Waals surface area contributed by atoms with Gasteiger partial charge in [0, 0.05) is 22.2 Å². The standard InChI is InChI=1S/C57H41N/c1-57(2)52-28-14-12-26-48(52)49-34-33-43(37-53(49)57)58(54-29-15-13-23-45(54)39-18-4-3-5-19-39)55-30-16-27-50(56(55)42-32-31-38-17-6-7-20-40(38)35-42)51-36-41-21-8-9-22-44(41)46-24-10-11-25-47(46)51/h3-37H,1-2H3. The fourth-order valence-corrected chi connectivity index (χ4v) is 9.65. The van der Waals surface area contributed by atoms with Crippen LogP contribution in [0, 0.1) is 0 Å². The second-order valence-corrected chi connectivity index (χ2v) is 16.1. The second kappa shape index (κ2) is 13.5. The first kappa shape index (κ1) is 34.1. The van der Waals surface area contributed by atoms with Crippen molar-refractivity contribution in [1.29, 1.82) is 0 Å². The Morgan fingerprint density at radius 2 is 0.948 bits per heavy atom. The molecule has 0 aliphatic heterocycles. The SMILES string of the molecule is CC1(C)c2ccccc2-c2ccc(N(c3ccccc3-c3ccccc3)c3cccc(-c4cc5ccccc5c5ccccc45)c3-c3ccc4ccccc4c3)cc21. The van der Waals surface area contributed by atoms with Crippen LogP contribution in [0.1, 0.15) is 25.0 Å². The maximum absolute atomic E-state index is 2.53. The third kappa shape index (κ3) is 5.39. The van der Waals surface area contributed by atoms with Crippen molar-refractivity contribution in [2.24, 2.45) is 0 Å². The Balaban J connectivity index is 1.25. The average molecular weight is 740 g/mol. The van der Waals surface area contributed by atoms with E-state index in [4.69, 9.17) is 0 Å². The first-order valence-electron chi connectivity index (χ1n) is 20.3. The number of hydrogen-bond donors (Lipinski definition) is 0. The van der Waals surface area contributed by atoms with Crippen molar-refractivity contribution in [2.45, 2.75) is 19.3 Å². The summed E-state index contributed by atoms with van der Waals surface area (Å²) >= 11 is 0. The minimum atomic E-state index is -0.153. The van der Waals surface area contributed by atoms with Gasteiger partial charge in [-0.25, -0.2) is 0 Å². The highest BCUT2D eigenvalue weighted by Gasteiger charge is 2.36. The molecule has 0 aromatic heterocycles. The van der Waals surface area contributed by atoms with Gasteiger partial charge >= 0.3 is 0 Å². The zero-order valence-electron chi connectivity index (χ0n) is 32.7. The Hall–Kier alpha value is -7.22. The van der Waals surface area contributed by atoms with Crippen LogP contribution in [-0.2, 0) is 5.41 Å². The first-order chi connectivity index (χ1) is 28.5. The molecule has 10 aromatic carbocycles. The lowest BCUT2D eigenvalue weighted by Gasteiger charge is -2.32. The third-order valence-corrected chi connectivity index (χ3v) is 12.4. The number of rotatable bonds is 6. The summed E-state index contributed by atoms with van der Waals surface area (Å²) in [6.45, 7) is 4.74. The fraction of sp³-hybridized carbons (Fsp3) is 0.0526. The first-order valence-corrected chi connectivity index (χ1v) is 20.3. The molecule has 0 saturated heterocycles. The molecule has 11 rings (SSSR count). The summed E-state index contributed by atoms with van der Waals surface area (Å²) in [7, 11) is 0. The summed E-state index contributed by atoms with van der Waals surface area (Å²) in [4.78, 5) is 2.53. The molecule has 274 valence electrons. The quantitative estimate of drug-likeness (QED) is 0.154. The molecular weight excluding hydrogens is 699 g/mol. The Labute approximate surface area is 340 Å². The van der Waals surface area contributed by atoms with E-state index in [2.05, 4.69) is 231 Å². The highest BCUT2D eigenvalue weighted by Crippen LogP contribution is 2.53. The molecule has 0 saturated carbocycles. The zero-order valence-corrected chi connectivity index (χ0v) is 32.7. The zero-order chi connectivity index (χ0) is 38.8. The molecule has 0 radical (unpaired) electrons. The second-order valence-electron chi connectivity index (χ2n) is 16.1. The van der Waals surface area contributed by atoms with Gasteiger partial charge in [-0.15, -0.1) is 0 Å². The number of nitrogens with zero attached hydrogens (tertiary/aromatic N) is 1. The number of benzene rings is 10. The molecule has 1 aliphatic rings. The van der Waals surface area contributed by atoms with Gasteiger partial charge in [-0.05, 0) is 113 Å². The lowest BCUT2D eigenvalue weighted by molar-refractivity contribution is 0.660. The molecule has 10 aromatic rings. The summed E-state index contributed by atoms with van der Waals surface area (Å²) < 4.78 is 0. The van der Waals surface area contributed by atoms with Crippen LogP contribution in [0.25, 0.3) is 76.8 Å². The van der Waals surface area contributed by atoms with E-state index in [0.717, 1.165) is 17.1 Å². The molecule has 1 aliphatic carbocycles. The molecule has 0 N–H and O–H groups in total. The van der Waals surface area contributed by atoms with E-state index < -0.39 is 0 Å². The monoisotopic (exact) mass is 739 g/mol. The maximum atomic E-state index is 2.53. The van der Waals surface area contributed by atoms with E-state index in [1.807, 2.05) is 0 Å². The predicted molar refractivity (Wildman–Crippen MR) is 248 cm³/mol. The van der Waals surface area contributed by atoms with E-state index in [0.29, 0.717) is 0 Å². The number of anilines is 3. The van der Waals surface area contributed by atoms with E-state index in [1.54, 1.807) is 0 Å². The van der Waals surface area contributed by atoms with Crippen LogP contribution in [0.5, 0.6) is 0 Å². The van der Waals surface area contributed by atoms with Crippen molar-refractivity contribution in [3.8, 4) is 44.5 Å². The predicted octanol–water partition coefficient (Wildman–Crippen LogP) is 15.9. The van der Waals surface area contributed by atoms with Gasteiger partial charge in [0.15, 0.2) is 0 Å². The Morgan fingerprint density at radius 1 is 0.328 bits per heavy atom. The van der Waals surface area contributed by atoms with E-state index in [-0.39, 0.29) is 5.41 Å². The third-order valence-electron chi connectivity index (χ3n) is 12.4. The van der Waals surface area contributed by atoms with Gasteiger partial charge in [0.1, 0.15) is 0 Å². The molecule has 58 heavy (non-hydrogen) atoms. The van der Waals surface area contributed by atoms with Crippen molar-refractivity contribution >= 4 is 49.4 Å². The van der Waals surface area contributed by atoms with Crippen LogP contribution < -0.4 is 4.90 Å². The van der Waals surface area contributed by atoms with Crippen molar-refractivity contribution < 1.29 is 0 Å². The number of fused-ring (bicyclic) bond motifs is 7. The van der Waals surface area contributed by atoms with Crippen molar-refractivity contribution in [1.82, 2.24) is 0 Å². The molecule has 1 heteroatoms. The summed E-state index contributed by atoms with van der Waals surface area (Å²) in [5.41, 5.74) is 15.7. The fourth-order valence-electron chi connectivity index (χ4n) is 9.65. The maximum Gasteiger partial charge on any atom is 0.0546 e. The molecular formula is C57H41N. The molecule has 0 bridgehead atoms. The van der Waals surface area contributed by atoms with Crippen LogP contribution >= 0.6 is 0 Å². The minimum Gasteiger partial charge on any atom is -0.309 e. The smallest absolute Gasteiger partial charge is 0.0546 e. The van der Waals surface area contributed by atoms with Gasteiger partial charge in [0.25, 0.3) is 0 Å². The largest absolute Gasteiger partial charge is 0.309 e. The lowest BCUT2D eigenvalue weighted by Crippen LogP contribution is -2.17. The van der Waals surface area contributed by atoms with Crippen LogP contribution in [0.4, 0.5) is 17.1 Å². The van der Waals surface area contributed by atoms with E-state index >= 15 is 0 Å². The van der Waals surface area contributed by atoms with E-state index in [9.17, 15) is 0 Å². The number of para-hydroxylation sites is 1. The van der Waals surface area contributed by atoms with Crippen molar-refractivity contribution in [2.75, 3.05) is 4.90 Å². The molecule has 1 nitrogen and oxygen atoms in total. The van der Waals surface area contributed by atoms with Crippen LogP contribution in [-0.4, -0.2) is 0 Å². The summed E-state index contributed by atoms with van der Waals surface area (Å²) in [5.74, 6) is 0. The summed E-state index contributed by atoms with van der Waals surface area (Å²) in [6.07, 6.45) is 0. The van der Waals surface area contributed by atoms with Gasteiger partial charge in [0.2, 0.25) is 0 Å². The van der Waals surface area contributed by atoms with Gasteiger partial charge in [-0.1, -0.05) is 190 Å². The molecule has 0 fully saturated rings. The normalized spacial score (nSPS) is 12.8. The minimum absolute atomic E-state index is 0.153. The Bertz CT molecular complexity index is 3210. The summed E-state index contributed by atoms with van der Waals surface area (Å²) in [5, 5.41) is 7.46. The van der Waals surface area contributed by atoms with Gasteiger partial charge in [-0.3, -0.25) is 0 Å². The van der Waals surface area contributed by atoms with Gasteiger partial charge < -0.3 is 4.90 Å². The average Bonchev–Trinajstić information content (AvgIpc) is 3.51. The van der Waals surface area contributed by atoms with E-state index in [1.165, 1.54) is 88.0 Å².